The number of carbonyl (C=O) groups excluding carboxylic acids is 2. The van der Waals surface area contributed by atoms with Crippen molar-refractivity contribution in [1.29, 1.82) is 0 Å². The van der Waals surface area contributed by atoms with Crippen LogP contribution in [0.2, 0.25) is 0 Å². The van der Waals surface area contributed by atoms with Crippen molar-refractivity contribution < 1.29 is 22.9 Å². The van der Waals surface area contributed by atoms with Crippen LogP contribution in [0.15, 0.2) is 18.2 Å². The molecule has 0 atom stereocenters. The van der Waals surface area contributed by atoms with Gasteiger partial charge in [0.2, 0.25) is 0 Å². The lowest BCUT2D eigenvalue weighted by atomic mass is 10.1. The number of ketones is 1. The molecule has 0 N–H and O–H groups in total. The Labute approximate surface area is 120 Å². The van der Waals surface area contributed by atoms with Crippen molar-refractivity contribution in [2.45, 2.75) is 6.42 Å². The third-order valence-electron chi connectivity index (χ3n) is 3.06. The summed E-state index contributed by atoms with van der Waals surface area (Å²) < 4.78 is 22.1. The van der Waals surface area contributed by atoms with Crippen molar-refractivity contribution in [3.8, 4) is 0 Å². The quantitative estimate of drug-likeness (QED) is 0.446. The van der Waals surface area contributed by atoms with E-state index >= 15 is 0 Å². The molecule has 0 fully saturated rings. The van der Waals surface area contributed by atoms with E-state index in [9.17, 15) is 28.1 Å². The van der Waals surface area contributed by atoms with E-state index in [1.54, 1.807) is 0 Å². The summed E-state index contributed by atoms with van der Waals surface area (Å²) in [7, 11) is -3.15. The van der Waals surface area contributed by atoms with Crippen molar-refractivity contribution in [1.82, 2.24) is 0 Å². The van der Waals surface area contributed by atoms with Gasteiger partial charge in [-0.15, -0.1) is 0 Å². The summed E-state index contributed by atoms with van der Waals surface area (Å²) in [5, 5.41) is 10.7. The number of non-ortho nitro benzene ring substituents is 1. The number of nitro groups is 1. The van der Waals surface area contributed by atoms with Crippen molar-refractivity contribution in [3.05, 3.63) is 33.9 Å². The Morgan fingerprint density at radius 3 is 2.52 bits per heavy atom. The summed E-state index contributed by atoms with van der Waals surface area (Å²) in [5.74, 6) is -1.71. The molecule has 1 amide bonds. The molecule has 1 aliphatic rings. The summed E-state index contributed by atoms with van der Waals surface area (Å²) in [5.41, 5.74) is -0.00876. The molecule has 0 bridgehead atoms. The predicted octanol–water partition coefficient (Wildman–Crippen LogP) is 0.559. The monoisotopic (exact) mass is 312 g/mol. The first kappa shape index (κ1) is 15.1. The minimum atomic E-state index is -3.15. The zero-order valence-electron chi connectivity index (χ0n) is 11.1. The second-order valence-electron chi connectivity index (χ2n) is 4.73. The highest BCUT2D eigenvalue weighted by Crippen LogP contribution is 2.32. The highest BCUT2D eigenvalue weighted by molar-refractivity contribution is 7.90. The van der Waals surface area contributed by atoms with Crippen molar-refractivity contribution in [2.24, 2.45) is 0 Å². The molecule has 8 nitrogen and oxygen atoms in total. The maximum Gasteiger partial charge on any atom is 0.299 e. The lowest BCUT2D eigenvalue weighted by Crippen LogP contribution is -2.31. The van der Waals surface area contributed by atoms with Crippen molar-refractivity contribution in [2.75, 3.05) is 23.5 Å². The number of fused-ring (bicyclic) bond motifs is 1. The smallest absolute Gasteiger partial charge is 0.299 e. The number of anilines is 1. The van der Waals surface area contributed by atoms with Gasteiger partial charge in [0, 0.05) is 24.9 Å². The average Bonchev–Trinajstić information content (AvgIpc) is 2.62. The fraction of sp³-hybridized carbons (Fsp3) is 0.333. The first-order chi connectivity index (χ1) is 9.70. The summed E-state index contributed by atoms with van der Waals surface area (Å²) >= 11 is 0. The van der Waals surface area contributed by atoms with E-state index in [1.807, 2.05) is 0 Å². The number of sulfone groups is 1. The first-order valence-corrected chi connectivity index (χ1v) is 8.09. The van der Waals surface area contributed by atoms with Gasteiger partial charge in [0.25, 0.3) is 17.4 Å². The van der Waals surface area contributed by atoms with E-state index in [0.717, 1.165) is 17.2 Å². The third-order valence-corrected chi connectivity index (χ3v) is 4.09. The third kappa shape index (κ3) is 3.07. The molecule has 1 aromatic carbocycles. The van der Waals surface area contributed by atoms with Crippen LogP contribution in [-0.4, -0.2) is 43.6 Å². The van der Waals surface area contributed by atoms with Crippen LogP contribution in [0.25, 0.3) is 0 Å². The zero-order chi connectivity index (χ0) is 15.8. The summed E-state index contributed by atoms with van der Waals surface area (Å²) in [4.78, 5) is 34.9. The number of hydrogen-bond donors (Lipinski definition) is 0. The number of carbonyl (C=O) groups is 2. The molecule has 0 radical (unpaired) electrons. The lowest BCUT2D eigenvalue weighted by molar-refractivity contribution is -0.384. The number of amides is 1. The largest absolute Gasteiger partial charge is 0.305 e. The van der Waals surface area contributed by atoms with Crippen LogP contribution in [-0.2, 0) is 14.6 Å². The van der Waals surface area contributed by atoms with Gasteiger partial charge in [0.05, 0.1) is 21.9 Å². The number of rotatable bonds is 5. The SMILES string of the molecule is CS(=O)(=O)CCCN1C(=O)C(=O)c2cc([N+](=O)[O-])ccc21. The topological polar surface area (TPSA) is 115 Å². The molecule has 9 heteroatoms. The Kier molecular flexibility index (Phi) is 3.77. The zero-order valence-corrected chi connectivity index (χ0v) is 11.9. The molecule has 0 saturated heterocycles. The number of nitro benzene ring substituents is 1. The van der Waals surface area contributed by atoms with Gasteiger partial charge in [-0.3, -0.25) is 19.7 Å². The Hall–Kier alpha value is -2.29. The second-order valence-corrected chi connectivity index (χ2v) is 6.99. The fourth-order valence-corrected chi connectivity index (χ4v) is 2.76. The molecule has 0 spiro atoms. The van der Waals surface area contributed by atoms with Gasteiger partial charge in [-0.2, -0.15) is 0 Å². The average molecular weight is 312 g/mol. The molecule has 0 aromatic heterocycles. The normalized spacial score (nSPS) is 14.4. The van der Waals surface area contributed by atoms with E-state index in [4.69, 9.17) is 0 Å². The molecule has 21 heavy (non-hydrogen) atoms. The van der Waals surface area contributed by atoms with Crippen LogP contribution in [0, 0.1) is 10.1 Å². The molecule has 1 heterocycles. The molecule has 1 aromatic rings. The highest BCUT2D eigenvalue weighted by atomic mass is 32.2. The number of hydrogen-bond acceptors (Lipinski definition) is 6. The lowest BCUT2D eigenvalue weighted by Gasteiger charge is -2.15. The molecule has 0 aliphatic carbocycles. The molecule has 0 saturated carbocycles. The van der Waals surface area contributed by atoms with Gasteiger partial charge < -0.3 is 4.90 Å². The first-order valence-electron chi connectivity index (χ1n) is 6.03. The number of nitrogens with zero attached hydrogens (tertiary/aromatic N) is 2. The van der Waals surface area contributed by atoms with Gasteiger partial charge in [-0.05, 0) is 12.5 Å². The van der Waals surface area contributed by atoms with Gasteiger partial charge in [0.15, 0.2) is 0 Å². The fourth-order valence-electron chi connectivity index (χ4n) is 2.11. The Bertz CT molecular complexity index is 740. The molecular formula is C12H12N2O6S. The summed E-state index contributed by atoms with van der Waals surface area (Å²) in [6, 6.07) is 3.59. The summed E-state index contributed by atoms with van der Waals surface area (Å²) in [6.07, 6.45) is 1.27. The van der Waals surface area contributed by atoms with Crippen LogP contribution in [0.1, 0.15) is 16.8 Å². The van der Waals surface area contributed by atoms with E-state index in [0.29, 0.717) is 0 Å². The number of Topliss-reactive ketones (excluding diaryl/α,β-unsaturated/α-hetero) is 1. The molecular weight excluding hydrogens is 300 g/mol. The summed E-state index contributed by atoms with van der Waals surface area (Å²) in [6.45, 7) is 0.0719. The predicted molar refractivity (Wildman–Crippen MR) is 74.1 cm³/mol. The van der Waals surface area contributed by atoms with Crippen molar-refractivity contribution >= 4 is 32.9 Å². The Morgan fingerprint density at radius 1 is 1.29 bits per heavy atom. The highest BCUT2D eigenvalue weighted by Gasteiger charge is 2.36. The van der Waals surface area contributed by atoms with Crippen LogP contribution in [0.3, 0.4) is 0 Å². The molecule has 2 rings (SSSR count). The minimum Gasteiger partial charge on any atom is -0.305 e. The van der Waals surface area contributed by atoms with E-state index in [2.05, 4.69) is 0 Å². The second kappa shape index (κ2) is 5.24. The van der Waals surface area contributed by atoms with E-state index < -0.39 is 26.5 Å². The maximum atomic E-state index is 11.9. The molecule has 112 valence electrons. The van der Waals surface area contributed by atoms with Gasteiger partial charge in [0.1, 0.15) is 9.84 Å². The Morgan fingerprint density at radius 2 is 1.95 bits per heavy atom. The maximum absolute atomic E-state index is 11.9. The number of benzene rings is 1. The molecule has 0 unspecified atom stereocenters. The minimum absolute atomic E-state index is 0.0199. The van der Waals surface area contributed by atoms with Gasteiger partial charge in [-0.1, -0.05) is 0 Å². The van der Waals surface area contributed by atoms with Crippen LogP contribution < -0.4 is 4.90 Å². The Balaban J connectivity index is 2.25. The van der Waals surface area contributed by atoms with Crippen LogP contribution in [0.4, 0.5) is 11.4 Å². The standard InChI is InChI=1S/C12H12N2O6S/c1-21(19,20)6-2-5-13-10-4-3-8(14(17)18)7-9(10)11(15)12(13)16/h3-4,7H,2,5-6H2,1H3. The van der Waals surface area contributed by atoms with Crippen molar-refractivity contribution in [3.63, 3.8) is 0 Å². The van der Waals surface area contributed by atoms with Crippen LogP contribution in [0.5, 0.6) is 0 Å². The van der Waals surface area contributed by atoms with Gasteiger partial charge in [-0.25, -0.2) is 8.42 Å². The van der Waals surface area contributed by atoms with E-state index in [1.165, 1.54) is 12.1 Å². The van der Waals surface area contributed by atoms with Crippen LogP contribution >= 0.6 is 0 Å². The molecule has 1 aliphatic heterocycles. The van der Waals surface area contributed by atoms with E-state index in [-0.39, 0.29) is 35.7 Å². The van der Waals surface area contributed by atoms with Gasteiger partial charge >= 0.3 is 0 Å².